The van der Waals surface area contributed by atoms with Gasteiger partial charge in [-0.2, -0.15) is 5.10 Å². The van der Waals surface area contributed by atoms with Gasteiger partial charge >= 0.3 is 0 Å². The van der Waals surface area contributed by atoms with Crippen molar-refractivity contribution in [1.82, 2.24) is 25.2 Å². The number of hydrogen-bond donors (Lipinski definition) is 1. The summed E-state index contributed by atoms with van der Waals surface area (Å²) < 4.78 is 11.1. The van der Waals surface area contributed by atoms with Gasteiger partial charge in [-0.1, -0.05) is 5.16 Å². The summed E-state index contributed by atoms with van der Waals surface area (Å²) in [6, 6.07) is 1.67. The predicted octanol–water partition coefficient (Wildman–Crippen LogP) is 1.40. The Labute approximate surface area is 133 Å². The molecule has 0 radical (unpaired) electrons. The van der Waals surface area contributed by atoms with Crippen molar-refractivity contribution in [3.05, 3.63) is 29.2 Å². The lowest BCUT2D eigenvalue weighted by molar-refractivity contribution is -0.00708. The molecule has 1 N–H and O–H groups in total. The number of fused-ring (bicyclic) bond motifs is 1. The van der Waals surface area contributed by atoms with Crippen LogP contribution in [0.3, 0.4) is 0 Å². The minimum Gasteiger partial charge on any atom is -0.365 e. The van der Waals surface area contributed by atoms with E-state index in [4.69, 9.17) is 9.26 Å². The molecule has 1 amide bonds. The van der Waals surface area contributed by atoms with Gasteiger partial charge in [0.1, 0.15) is 17.7 Å². The third-order valence-electron chi connectivity index (χ3n) is 4.59. The summed E-state index contributed by atoms with van der Waals surface area (Å²) in [5.41, 5.74) is 0.361. The molecule has 0 unspecified atom stereocenters. The van der Waals surface area contributed by atoms with Gasteiger partial charge < -0.3 is 14.2 Å². The van der Waals surface area contributed by atoms with Crippen LogP contribution in [0.1, 0.15) is 46.8 Å². The zero-order chi connectivity index (χ0) is 16.0. The van der Waals surface area contributed by atoms with Crippen molar-refractivity contribution in [2.75, 3.05) is 13.1 Å². The Morgan fingerprint density at radius 1 is 1.43 bits per heavy atom. The minimum atomic E-state index is -0.0962. The summed E-state index contributed by atoms with van der Waals surface area (Å²) >= 11 is 0. The molecular formula is C15H19N5O3. The van der Waals surface area contributed by atoms with Crippen LogP contribution in [0.5, 0.6) is 0 Å². The van der Waals surface area contributed by atoms with E-state index in [-0.39, 0.29) is 18.1 Å². The molecule has 2 aliphatic heterocycles. The third-order valence-corrected chi connectivity index (χ3v) is 4.59. The summed E-state index contributed by atoms with van der Waals surface area (Å²) in [5, 5.41) is 10.9. The number of nitrogens with one attached hydrogen (secondary N) is 1. The Bertz CT molecular complexity index is 724. The topological polar surface area (TPSA) is 97.1 Å². The van der Waals surface area contributed by atoms with Gasteiger partial charge in [0.2, 0.25) is 0 Å². The number of H-pyrrole nitrogens is 1. The summed E-state index contributed by atoms with van der Waals surface area (Å²) in [4.78, 5) is 18.6. The highest BCUT2D eigenvalue weighted by molar-refractivity contribution is 5.92. The molecule has 0 aliphatic carbocycles. The summed E-state index contributed by atoms with van der Waals surface area (Å²) in [6.45, 7) is 4.95. The molecule has 0 aromatic carbocycles. The third kappa shape index (κ3) is 2.63. The van der Waals surface area contributed by atoms with E-state index in [9.17, 15) is 4.79 Å². The Morgan fingerprint density at radius 2 is 2.30 bits per heavy atom. The molecule has 4 heterocycles. The average Bonchev–Trinajstić information content (AvgIpc) is 3.24. The molecule has 2 aromatic heterocycles. The first-order valence-electron chi connectivity index (χ1n) is 7.87. The van der Waals surface area contributed by atoms with Crippen LogP contribution in [0.15, 0.2) is 10.6 Å². The molecule has 122 valence electrons. The smallest absolute Gasteiger partial charge is 0.276 e. The van der Waals surface area contributed by atoms with Crippen molar-refractivity contribution in [2.24, 2.45) is 5.92 Å². The second-order valence-electron chi connectivity index (χ2n) is 6.30. The first-order valence-corrected chi connectivity index (χ1v) is 7.87. The van der Waals surface area contributed by atoms with E-state index in [1.165, 1.54) is 0 Å². The molecule has 0 bridgehead atoms. The molecule has 2 aromatic rings. The molecule has 4 rings (SSSR count). The first kappa shape index (κ1) is 14.4. The van der Waals surface area contributed by atoms with Crippen LogP contribution in [0, 0.1) is 19.8 Å². The Balaban J connectivity index is 1.44. The Hall–Kier alpha value is -2.22. The van der Waals surface area contributed by atoms with Crippen LogP contribution < -0.4 is 0 Å². The maximum atomic E-state index is 12.5. The Morgan fingerprint density at radius 3 is 3.00 bits per heavy atom. The van der Waals surface area contributed by atoms with Crippen LogP contribution >= 0.6 is 0 Å². The van der Waals surface area contributed by atoms with E-state index in [2.05, 4.69) is 20.3 Å². The van der Waals surface area contributed by atoms with Crippen molar-refractivity contribution in [1.29, 1.82) is 0 Å². The van der Waals surface area contributed by atoms with Crippen LogP contribution in [0.4, 0.5) is 0 Å². The molecule has 0 saturated carbocycles. The van der Waals surface area contributed by atoms with Crippen LogP contribution in [-0.2, 0) is 4.74 Å². The Kier molecular flexibility index (Phi) is 3.41. The standard InChI is InChI=1S/C15H19N5O3/c1-8-5-11(19-23-8)15(21)20-4-3-10-6-12(22-13(10)7-20)14-16-9(2)17-18-14/h5,10,12-13H,3-4,6-7H2,1-2H3,(H,16,17,18)/t10-,12+,13+/m0/s1. The molecule has 2 aliphatic rings. The number of piperidine rings is 1. The number of nitrogens with zero attached hydrogens (tertiary/aromatic N) is 4. The maximum absolute atomic E-state index is 12.5. The SMILES string of the molecule is Cc1nc([C@H]2C[C@@H]3CCN(C(=O)c4cc(C)on4)C[C@H]3O2)n[nH]1. The van der Waals surface area contributed by atoms with Crippen molar-refractivity contribution in [3.63, 3.8) is 0 Å². The zero-order valence-corrected chi connectivity index (χ0v) is 13.2. The van der Waals surface area contributed by atoms with Gasteiger partial charge in [0.05, 0.1) is 6.10 Å². The number of hydrogen-bond acceptors (Lipinski definition) is 6. The monoisotopic (exact) mass is 317 g/mol. The molecule has 2 saturated heterocycles. The highest BCUT2D eigenvalue weighted by Gasteiger charge is 2.42. The lowest BCUT2D eigenvalue weighted by atomic mass is 9.91. The number of aryl methyl sites for hydroxylation is 2. The largest absolute Gasteiger partial charge is 0.365 e. The van der Waals surface area contributed by atoms with Crippen LogP contribution in [0.2, 0.25) is 0 Å². The van der Waals surface area contributed by atoms with Gasteiger partial charge in [-0.25, -0.2) is 4.98 Å². The lowest BCUT2D eigenvalue weighted by Crippen LogP contribution is -2.45. The van der Waals surface area contributed by atoms with Crippen molar-refractivity contribution < 1.29 is 14.1 Å². The van der Waals surface area contributed by atoms with Crippen molar-refractivity contribution in [3.8, 4) is 0 Å². The first-order chi connectivity index (χ1) is 11.1. The van der Waals surface area contributed by atoms with Gasteiger partial charge in [0.15, 0.2) is 11.5 Å². The van der Waals surface area contributed by atoms with E-state index in [1.807, 2.05) is 6.92 Å². The number of carbonyl (C=O) groups excluding carboxylic acids is 1. The number of aromatic nitrogens is 4. The molecule has 23 heavy (non-hydrogen) atoms. The fraction of sp³-hybridized carbons (Fsp3) is 0.600. The van der Waals surface area contributed by atoms with E-state index < -0.39 is 0 Å². The summed E-state index contributed by atoms with van der Waals surface area (Å²) in [7, 11) is 0. The maximum Gasteiger partial charge on any atom is 0.276 e. The van der Waals surface area contributed by atoms with Gasteiger partial charge in [0.25, 0.3) is 5.91 Å². The van der Waals surface area contributed by atoms with E-state index >= 15 is 0 Å². The summed E-state index contributed by atoms with van der Waals surface area (Å²) in [6.07, 6.45) is 1.78. The van der Waals surface area contributed by atoms with Crippen LogP contribution in [0.25, 0.3) is 0 Å². The summed E-state index contributed by atoms with van der Waals surface area (Å²) in [5.74, 6) is 2.49. The average molecular weight is 317 g/mol. The van der Waals surface area contributed by atoms with Gasteiger partial charge in [-0.05, 0) is 32.6 Å². The second-order valence-corrected chi connectivity index (χ2v) is 6.30. The number of ether oxygens (including phenoxy) is 1. The zero-order valence-electron chi connectivity index (χ0n) is 13.2. The number of carbonyl (C=O) groups is 1. The normalized spacial score (nSPS) is 27.2. The fourth-order valence-corrected chi connectivity index (χ4v) is 3.41. The minimum absolute atomic E-state index is 0.0319. The lowest BCUT2D eigenvalue weighted by Gasteiger charge is -2.33. The number of aromatic amines is 1. The highest BCUT2D eigenvalue weighted by Crippen LogP contribution is 2.40. The number of amides is 1. The molecule has 0 spiro atoms. The molecule has 2 fully saturated rings. The molecule has 8 nitrogen and oxygen atoms in total. The fourth-order valence-electron chi connectivity index (χ4n) is 3.41. The highest BCUT2D eigenvalue weighted by atomic mass is 16.5. The quantitative estimate of drug-likeness (QED) is 0.899. The van der Waals surface area contributed by atoms with E-state index in [0.29, 0.717) is 29.7 Å². The molecular weight excluding hydrogens is 298 g/mol. The number of likely N-dealkylation sites (tertiary alicyclic amines) is 1. The molecule has 8 heteroatoms. The molecule has 3 atom stereocenters. The van der Waals surface area contributed by atoms with E-state index in [0.717, 1.165) is 25.2 Å². The number of rotatable bonds is 2. The van der Waals surface area contributed by atoms with Crippen molar-refractivity contribution in [2.45, 2.75) is 38.9 Å². The second kappa shape index (κ2) is 5.45. The predicted molar refractivity (Wildman–Crippen MR) is 78.6 cm³/mol. The van der Waals surface area contributed by atoms with Gasteiger partial charge in [0, 0.05) is 19.2 Å². The van der Waals surface area contributed by atoms with Crippen molar-refractivity contribution >= 4 is 5.91 Å². The van der Waals surface area contributed by atoms with Gasteiger partial charge in [-0.3, -0.25) is 9.89 Å². The van der Waals surface area contributed by atoms with Crippen LogP contribution in [-0.4, -0.2) is 50.3 Å². The van der Waals surface area contributed by atoms with Gasteiger partial charge in [-0.15, -0.1) is 0 Å². The van der Waals surface area contributed by atoms with E-state index in [1.54, 1.807) is 17.9 Å².